The molecule has 0 aliphatic heterocycles. The molecule has 0 unspecified atom stereocenters. The number of fused-ring (bicyclic) bond motifs is 2. The molecule has 3 N–H and O–H groups in total. The summed E-state index contributed by atoms with van der Waals surface area (Å²) in [5, 5.41) is 19.5. The van der Waals surface area contributed by atoms with Gasteiger partial charge in [-0.05, 0) is 24.3 Å². The maximum Gasteiger partial charge on any atom is 0.337 e. The molecule has 5 heteroatoms. The predicted molar refractivity (Wildman–Crippen MR) is 70.7 cm³/mol. The second kappa shape index (κ2) is 3.84. The molecule has 0 bridgehead atoms. The third-order valence-electron chi connectivity index (χ3n) is 3.08. The number of aromatic amines is 1. The molecular weight excluding hydrogens is 246 g/mol. The minimum Gasteiger partial charge on any atom is -0.506 e. The van der Waals surface area contributed by atoms with Crippen molar-refractivity contribution in [1.29, 1.82) is 0 Å². The van der Waals surface area contributed by atoms with Crippen LogP contribution in [0.15, 0.2) is 41.2 Å². The molecule has 0 fully saturated rings. The van der Waals surface area contributed by atoms with Crippen LogP contribution in [0.4, 0.5) is 0 Å². The van der Waals surface area contributed by atoms with Crippen molar-refractivity contribution in [2.45, 2.75) is 0 Å². The largest absolute Gasteiger partial charge is 0.506 e. The Kier molecular flexibility index (Phi) is 2.28. The number of aromatic hydroxyl groups is 1. The third kappa shape index (κ3) is 1.55. The molecule has 3 rings (SSSR count). The fraction of sp³-hybridized carbons (Fsp3) is 0. The smallest absolute Gasteiger partial charge is 0.337 e. The fourth-order valence-electron chi connectivity index (χ4n) is 2.19. The molecule has 1 heterocycles. The van der Waals surface area contributed by atoms with E-state index >= 15 is 0 Å². The molecular formula is C14H9NO4. The number of phenolic OH excluding ortho intramolecular Hbond substituents is 1. The van der Waals surface area contributed by atoms with Gasteiger partial charge in [0.2, 0.25) is 0 Å². The number of hydrogen-bond donors (Lipinski definition) is 3. The van der Waals surface area contributed by atoms with Crippen LogP contribution in [0.25, 0.3) is 21.8 Å². The van der Waals surface area contributed by atoms with Crippen molar-refractivity contribution in [2.75, 3.05) is 0 Å². The highest BCUT2D eigenvalue weighted by atomic mass is 16.4. The molecule has 2 aromatic carbocycles. The van der Waals surface area contributed by atoms with Gasteiger partial charge in [-0.2, -0.15) is 0 Å². The number of benzene rings is 2. The normalized spacial score (nSPS) is 10.9. The number of aromatic nitrogens is 1. The van der Waals surface area contributed by atoms with E-state index in [0.717, 1.165) is 0 Å². The number of aromatic carboxylic acids is 1. The zero-order chi connectivity index (χ0) is 13.6. The Hall–Kier alpha value is -2.82. The standard InChI is InChI=1S/C14H9NO4/c16-10-6-2-4-8-12(10)15-11-7(13(8)17)3-1-5-9(11)14(18)19/h1-6,16H,(H,15,17)(H,18,19). The van der Waals surface area contributed by atoms with Crippen molar-refractivity contribution in [3.63, 3.8) is 0 Å². The van der Waals surface area contributed by atoms with Crippen molar-refractivity contribution in [1.82, 2.24) is 4.98 Å². The van der Waals surface area contributed by atoms with Crippen LogP contribution in [0.2, 0.25) is 0 Å². The number of pyridine rings is 1. The van der Waals surface area contributed by atoms with Crippen molar-refractivity contribution in [3.05, 3.63) is 52.2 Å². The van der Waals surface area contributed by atoms with Gasteiger partial charge in [0.1, 0.15) is 5.75 Å². The SMILES string of the molecule is O=C(O)c1cccc2c(=O)c3cccc(O)c3[nH]c12. The van der Waals surface area contributed by atoms with E-state index < -0.39 is 5.97 Å². The number of carbonyl (C=O) groups is 1. The minimum absolute atomic E-state index is 0.000229. The van der Waals surface area contributed by atoms with Gasteiger partial charge in [-0.25, -0.2) is 4.79 Å². The van der Waals surface area contributed by atoms with E-state index in [0.29, 0.717) is 5.39 Å². The van der Waals surface area contributed by atoms with Gasteiger partial charge in [-0.15, -0.1) is 0 Å². The summed E-state index contributed by atoms with van der Waals surface area (Å²) < 4.78 is 0. The van der Waals surface area contributed by atoms with E-state index in [-0.39, 0.29) is 33.2 Å². The molecule has 1 aromatic heterocycles. The van der Waals surface area contributed by atoms with E-state index in [2.05, 4.69) is 4.98 Å². The zero-order valence-electron chi connectivity index (χ0n) is 9.68. The molecule has 94 valence electrons. The Labute approximate surface area is 106 Å². The van der Waals surface area contributed by atoms with Crippen LogP contribution in [0.1, 0.15) is 10.4 Å². The van der Waals surface area contributed by atoms with Gasteiger partial charge in [0.05, 0.1) is 16.6 Å². The topological polar surface area (TPSA) is 90.4 Å². The predicted octanol–water partition coefficient (Wildman–Crippen LogP) is 2.09. The van der Waals surface area contributed by atoms with E-state index in [1.54, 1.807) is 18.2 Å². The van der Waals surface area contributed by atoms with Crippen LogP contribution >= 0.6 is 0 Å². The first-order chi connectivity index (χ1) is 9.09. The first kappa shape index (κ1) is 11.3. The lowest BCUT2D eigenvalue weighted by atomic mass is 10.1. The summed E-state index contributed by atoms with van der Waals surface area (Å²) in [7, 11) is 0. The number of rotatable bonds is 1. The highest BCUT2D eigenvalue weighted by Gasteiger charge is 2.13. The summed E-state index contributed by atoms with van der Waals surface area (Å²) in [5.41, 5.74) is 0.158. The average molecular weight is 255 g/mol. The number of para-hydroxylation sites is 2. The van der Waals surface area contributed by atoms with Gasteiger partial charge in [0, 0.05) is 10.8 Å². The molecule has 5 nitrogen and oxygen atoms in total. The number of hydrogen-bond acceptors (Lipinski definition) is 3. The summed E-state index contributed by atoms with van der Waals surface area (Å²) >= 11 is 0. The first-order valence-electron chi connectivity index (χ1n) is 5.59. The van der Waals surface area contributed by atoms with Crippen LogP contribution in [-0.4, -0.2) is 21.2 Å². The summed E-state index contributed by atoms with van der Waals surface area (Å²) in [6.07, 6.45) is 0. The summed E-state index contributed by atoms with van der Waals surface area (Å²) in [6, 6.07) is 9.08. The van der Waals surface area contributed by atoms with Crippen LogP contribution in [0.5, 0.6) is 5.75 Å². The molecule has 19 heavy (non-hydrogen) atoms. The second-order valence-electron chi connectivity index (χ2n) is 4.19. The Bertz CT molecular complexity index is 880. The first-order valence-corrected chi connectivity index (χ1v) is 5.59. The number of carboxylic acids is 1. The highest BCUT2D eigenvalue weighted by molar-refractivity contribution is 6.05. The Morgan fingerprint density at radius 2 is 1.63 bits per heavy atom. The highest BCUT2D eigenvalue weighted by Crippen LogP contribution is 2.24. The molecule has 0 aliphatic rings. The van der Waals surface area contributed by atoms with Gasteiger partial charge in [0.15, 0.2) is 5.43 Å². The van der Waals surface area contributed by atoms with Crippen LogP contribution < -0.4 is 5.43 Å². The van der Waals surface area contributed by atoms with Gasteiger partial charge < -0.3 is 15.2 Å². The second-order valence-corrected chi connectivity index (χ2v) is 4.19. The monoisotopic (exact) mass is 255 g/mol. The lowest BCUT2D eigenvalue weighted by Gasteiger charge is -2.06. The maximum absolute atomic E-state index is 12.3. The molecule has 0 amide bonds. The van der Waals surface area contributed by atoms with Gasteiger partial charge >= 0.3 is 5.97 Å². The number of H-pyrrole nitrogens is 1. The minimum atomic E-state index is -1.13. The number of carboxylic acid groups (broad SMARTS) is 1. The van der Waals surface area contributed by atoms with E-state index in [4.69, 9.17) is 5.11 Å². The van der Waals surface area contributed by atoms with Crippen LogP contribution in [-0.2, 0) is 0 Å². The molecule has 3 aromatic rings. The van der Waals surface area contributed by atoms with Gasteiger partial charge in [-0.3, -0.25) is 4.79 Å². The Morgan fingerprint density at radius 1 is 1.00 bits per heavy atom. The molecule has 0 atom stereocenters. The van der Waals surface area contributed by atoms with Crippen LogP contribution in [0.3, 0.4) is 0 Å². The number of nitrogens with one attached hydrogen (secondary N) is 1. The molecule has 0 saturated heterocycles. The quantitative estimate of drug-likeness (QED) is 0.581. The van der Waals surface area contributed by atoms with Crippen molar-refractivity contribution >= 4 is 27.8 Å². The van der Waals surface area contributed by atoms with Crippen molar-refractivity contribution in [2.24, 2.45) is 0 Å². The van der Waals surface area contributed by atoms with E-state index in [1.165, 1.54) is 18.2 Å². The van der Waals surface area contributed by atoms with E-state index in [9.17, 15) is 14.7 Å². The van der Waals surface area contributed by atoms with Crippen molar-refractivity contribution < 1.29 is 15.0 Å². The van der Waals surface area contributed by atoms with Crippen molar-refractivity contribution in [3.8, 4) is 5.75 Å². The van der Waals surface area contributed by atoms with Crippen LogP contribution in [0, 0.1) is 0 Å². The Balaban J connectivity index is 2.62. The summed E-state index contributed by atoms with van der Waals surface area (Å²) in [5.74, 6) is -1.22. The maximum atomic E-state index is 12.3. The lowest BCUT2D eigenvalue weighted by Crippen LogP contribution is -2.07. The fourth-order valence-corrected chi connectivity index (χ4v) is 2.19. The Morgan fingerprint density at radius 3 is 2.32 bits per heavy atom. The third-order valence-corrected chi connectivity index (χ3v) is 3.08. The van der Waals surface area contributed by atoms with Gasteiger partial charge in [-0.1, -0.05) is 12.1 Å². The van der Waals surface area contributed by atoms with Gasteiger partial charge in [0.25, 0.3) is 0 Å². The summed E-state index contributed by atoms with van der Waals surface area (Å²) in [4.78, 5) is 26.3. The molecule has 0 radical (unpaired) electrons. The van der Waals surface area contributed by atoms with E-state index in [1.807, 2.05) is 0 Å². The summed E-state index contributed by atoms with van der Waals surface area (Å²) in [6.45, 7) is 0. The molecule has 0 saturated carbocycles. The lowest BCUT2D eigenvalue weighted by molar-refractivity contribution is 0.0699. The molecule has 0 aliphatic carbocycles. The average Bonchev–Trinajstić information content (AvgIpc) is 2.39. The zero-order valence-corrected chi connectivity index (χ0v) is 9.68. The molecule has 0 spiro atoms. The number of phenols is 1.